The number of hydrogen-bond donors (Lipinski definition) is 0. The highest BCUT2D eigenvalue weighted by atomic mass is 28.4. The van der Waals surface area contributed by atoms with E-state index in [0.29, 0.717) is 17.2 Å². The molecule has 0 radical (unpaired) electrons. The Labute approximate surface area is 120 Å². The molecule has 2 aromatic heterocycles. The van der Waals surface area contributed by atoms with Gasteiger partial charge in [0, 0.05) is 7.05 Å². The van der Waals surface area contributed by atoms with E-state index >= 15 is 0 Å². The van der Waals surface area contributed by atoms with Crippen molar-refractivity contribution in [2.45, 2.75) is 39.3 Å². The predicted octanol–water partition coefficient (Wildman–Crippen LogP) is 2.03. The van der Waals surface area contributed by atoms with E-state index < -0.39 is 16.6 Å². The van der Waals surface area contributed by atoms with Crippen LogP contribution in [0.5, 0.6) is 6.01 Å². The lowest BCUT2D eigenvalue weighted by molar-refractivity contribution is 0.474. The first-order chi connectivity index (χ1) is 9.00. The Morgan fingerprint density at radius 3 is 2.25 bits per heavy atom. The van der Waals surface area contributed by atoms with Crippen molar-refractivity contribution >= 4 is 27.7 Å². The second-order valence-corrected chi connectivity index (χ2v) is 16.2. The first-order valence-corrected chi connectivity index (χ1v) is 13.5. The van der Waals surface area contributed by atoms with Crippen molar-refractivity contribution in [1.29, 1.82) is 0 Å². The smallest absolute Gasteiger partial charge is 0.287 e. The van der Waals surface area contributed by atoms with Gasteiger partial charge in [0.25, 0.3) is 11.6 Å². The Balaban J connectivity index is 2.73. The molecule has 0 aliphatic heterocycles. The summed E-state index contributed by atoms with van der Waals surface area (Å²) < 4.78 is 9.41. The van der Waals surface area contributed by atoms with Crippen LogP contribution in [-0.4, -0.2) is 35.3 Å². The van der Waals surface area contributed by atoms with Gasteiger partial charge in [-0.25, -0.2) is 4.98 Å². The molecular formula is C12H22N4O2Si2. The number of imidazole rings is 1. The van der Waals surface area contributed by atoms with Crippen LogP contribution in [0.1, 0.15) is 0 Å². The monoisotopic (exact) mass is 310 g/mol. The third-order valence-corrected chi connectivity index (χ3v) is 5.43. The lowest BCUT2D eigenvalue weighted by atomic mass is 10.5. The fraction of sp³-hybridized carbons (Fsp3) is 0.583. The molecule has 0 aliphatic rings. The highest BCUT2D eigenvalue weighted by Crippen LogP contribution is 2.18. The van der Waals surface area contributed by atoms with E-state index in [2.05, 4.69) is 49.3 Å². The predicted molar refractivity (Wildman–Crippen MR) is 85.5 cm³/mol. The van der Waals surface area contributed by atoms with Crippen LogP contribution in [-0.2, 0) is 7.05 Å². The molecule has 20 heavy (non-hydrogen) atoms. The van der Waals surface area contributed by atoms with Crippen LogP contribution < -0.4 is 9.99 Å². The number of fused-ring (bicyclic) bond motifs is 1. The van der Waals surface area contributed by atoms with E-state index in [1.165, 1.54) is 4.57 Å². The molecule has 0 spiro atoms. The van der Waals surface area contributed by atoms with Crippen molar-refractivity contribution in [3.05, 3.63) is 16.7 Å². The quantitative estimate of drug-likeness (QED) is 0.814. The van der Waals surface area contributed by atoms with E-state index in [-0.39, 0.29) is 5.56 Å². The van der Waals surface area contributed by atoms with Crippen LogP contribution in [0.4, 0.5) is 0 Å². The van der Waals surface area contributed by atoms with Crippen molar-refractivity contribution in [3.63, 3.8) is 0 Å². The van der Waals surface area contributed by atoms with Crippen molar-refractivity contribution < 1.29 is 4.43 Å². The molecule has 110 valence electrons. The maximum absolute atomic E-state index is 12.4. The molecule has 0 bridgehead atoms. The SMILES string of the molecule is Cn1c(O[Si](C)(C)C)nc2c(ncn2[Si](C)(C)C)c1=O. The fourth-order valence-electron chi connectivity index (χ4n) is 1.87. The minimum atomic E-state index is -1.82. The van der Waals surface area contributed by atoms with Gasteiger partial charge in [0.15, 0.2) is 19.4 Å². The Bertz CT molecular complexity index is 707. The zero-order valence-corrected chi connectivity index (χ0v) is 15.2. The molecule has 0 atom stereocenters. The molecule has 0 N–H and O–H groups in total. The summed E-state index contributed by atoms with van der Waals surface area (Å²) in [6.45, 7) is 12.8. The lowest BCUT2D eigenvalue weighted by Gasteiger charge is -2.21. The van der Waals surface area contributed by atoms with Crippen LogP contribution in [0, 0.1) is 0 Å². The van der Waals surface area contributed by atoms with E-state index in [1.807, 2.05) is 4.23 Å². The normalized spacial score (nSPS) is 12.9. The summed E-state index contributed by atoms with van der Waals surface area (Å²) in [4.78, 5) is 21.2. The largest absolute Gasteiger partial charge is 0.519 e. The van der Waals surface area contributed by atoms with Crippen molar-refractivity contribution in [2.24, 2.45) is 7.05 Å². The summed E-state index contributed by atoms with van der Waals surface area (Å²) in [6.07, 6.45) is 1.73. The number of hydrogen-bond acceptors (Lipinski definition) is 4. The molecule has 8 heteroatoms. The Kier molecular flexibility index (Phi) is 3.41. The van der Waals surface area contributed by atoms with Gasteiger partial charge in [-0.05, 0) is 19.6 Å². The van der Waals surface area contributed by atoms with Gasteiger partial charge < -0.3 is 8.66 Å². The van der Waals surface area contributed by atoms with Crippen LogP contribution in [0.3, 0.4) is 0 Å². The third kappa shape index (κ3) is 2.71. The summed E-state index contributed by atoms with van der Waals surface area (Å²) in [5, 5.41) is 0. The first kappa shape index (κ1) is 15.0. The topological polar surface area (TPSA) is 61.9 Å². The molecule has 0 aliphatic carbocycles. The second kappa shape index (κ2) is 4.55. The van der Waals surface area contributed by atoms with Crippen molar-refractivity contribution in [1.82, 2.24) is 18.8 Å². The molecule has 0 aromatic carbocycles. The van der Waals surface area contributed by atoms with Gasteiger partial charge in [0.05, 0.1) is 6.33 Å². The molecule has 2 aromatic rings. The van der Waals surface area contributed by atoms with E-state index in [1.54, 1.807) is 13.4 Å². The number of nitrogens with zero attached hydrogens (tertiary/aromatic N) is 4. The number of rotatable bonds is 3. The molecule has 0 unspecified atom stereocenters. The summed E-state index contributed by atoms with van der Waals surface area (Å²) in [5.74, 6) is 0. The second-order valence-electron chi connectivity index (χ2n) is 6.93. The summed E-state index contributed by atoms with van der Waals surface area (Å²) in [7, 11) is -1.81. The van der Waals surface area contributed by atoms with Gasteiger partial charge in [0.1, 0.15) is 0 Å². The molecule has 0 saturated heterocycles. The fourth-order valence-corrected chi connectivity index (χ4v) is 3.79. The summed E-state index contributed by atoms with van der Waals surface area (Å²) in [6, 6.07) is 0.390. The van der Waals surface area contributed by atoms with Crippen molar-refractivity contribution in [3.8, 4) is 6.01 Å². The maximum atomic E-state index is 12.4. The molecule has 0 fully saturated rings. The zero-order valence-electron chi connectivity index (χ0n) is 13.2. The first-order valence-electron chi connectivity index (χ1n) is 6.64. The minimum Gasteiger partial charge on any atom is -0.519 e. The van der Waals surface area contributed by atoms with Gasteiger partial charge in [-0.1, -0.05) is 19.6 Å². The van der Waals surface area contributed by atoms with Crippen LogP contribution in [0.2, 0.25) is 39.3 Å². The third-order valence-electron chi connectivity index (χ3n) is 2.86. The Morgan fingerprint density at radius 1 is 1.15 bits per heavy atom. The molecule has 0 amide bonds. The van der Waals surface area contributed by atoms with E-state index in [0.717, 1.165) is 0 Å². The Morgan fingerprint density at radius 2 is 1.75 bits per heavy atom. The standard InChI is InChI=1S/C12H22N4O2Si2/c1-15-11(17)9-10(14-12(15)18-20(5,6)7)16(8-13-9)19(2,3)4/h8H,1-7H3. The average molecular weight is 311 g/mol. The van der Waals surface area contributed by atoms with E-state index in [9.17, 15) is 4.79 Å². The Hall–Kier alpha value is -1.42. The lowest BCUT2D eigenvalue weighted by Crippen LogP contribution is -2.35. The average Bonchev–Trinajstić information content (AvgIpc) is 2.66. The zero-order chi connectivity index (χ0) is 15.3. The van der Waals surface area contributed by atoms with Gasteiger partial charge in [-0.3, -0.25) is 9.36 Å². The number of aromatic nitrogens is 4. The highest BCUT2D eigenvalue weighted by Gasteiger charge is 2.25. The van der Waals surface area contributed by atoms with Gasteiger partial charge in [0.2, 0.25) is 8.32 Å². The highest BCUT2D eigenvalue weighted by molar-refractivity contribution is 6.75. The van der Waals surface area contributed by atoms with Crippen molar-refractivity contribution in [2.75, 3.05) is 0 Å². The van der Waals surface area contributed by atoms with Crippen LogP contribution in [0.15, 0.2) is 11.1 Å². The molecule has 6 nitrogen and oxygen atoms in total. The van der Waals surface area contributed by atoms with Crippen LogP contribution >= 0.6 is 0 Å². The maximum Gasteiger partial charge on any atom is 0.287 e. The molecule has 2 rings (SSSR count). The molecular weight excluding hydrogens is 288 g/mol. The molecule has 2 heterocycles. The summed E-state index contributed by atoms with van der Waals surface area (Å²) in [5.41, 5.74) is 0.901. The van der Waals surface area contributed by atoms with Gasteiger partial charge >= 0.3 is 0 Å². The molecule has 0 saturated carbocycles. The van der Waals surface area contributed by atoms with Gasteiger partial charge in [-0.15, -0.1) is 0 Å². The van der Waals surface area contributed by atoms with Crippen LogP contribution in [0.25, 0.3) is 11.2 Å². The van der Waals surface area contributed by atoms with E-state index in [4.69, 9.17) is 4.43 Å². The minimum absolute atomic E-state index is 0.153. The van der Waals surface area contributed by atoms with Gasteiger partial charge in [-0.2, -0.15) is 4.98 Å². The summed E-state index contributed by atoms with van der Waals surface area (Å²) >= 11 is 0.